The molecule has 1 saturated heterocycles. The van der Waals surface area contributed by atoms with Crippen molar-refractivity contribution in [3.8, 4) is 0 Å². The topological polar surface area (TPSA) is 119 Å². The first-order valence-electron chi connectivity index (χ1n) is 9.40. The number of carbonyl (C=O) groups excluding carboxylic acids is 1. The quantitative estimate of drug-likeness (QED) is 0.714. The number of aliphatic hydroxyl groups excluding tert-OH is 1. The zero-order chi connectivity index (χ0) is 19.7. The maximum Gasteiger partial charge on any atom is 0.247 e. The molecule has 2 fully saturated rings. The van der Waals surface area contributed by atoms with Crippen LogP contribution in [0.4, 0.5) is 5.88 Å². The van der Waals surface area contributed by atoms with E-state index in [1.54, 1.807) is 6.07 Å². The van der Waals surface area contributed by atoms with Gasteiger partial charge in [-0.25, -0.2) is 8.42 Å². The summed E-state index contributed by atoms with van der Waals surface area (Å²) in [5.41, 5.74) is 0.165. The van der Waals surface area contributed by atoms with E-state index in [1.807, 2.05) is 0 Å². The van der Waals surface area contributed by atoms with E-state index >= 15 is 0 Å². The van der Waals surface area contributed by atoms with E-state index in [2.05, 4.69) is 10.5 Å². The molecule has 9 heteroatoms. The van der Waals surface area contributed by atoms with Gasteiger partial charge in [-0.2, -0.15) is 0 Å². The number of ether oxygens (including phenoxy) is 1. The van der Waals surface area contributed by atoms with Crippen molar-refractivity contribution in [2.24, 2.45) is 5.92 Å². The Morgan fingerprint density at radius 2 is 2.11 bits per heavy atom. The largest absolute Gasteiger partial charge is 0.395 e. The lowest BCUT2D eigenvalue weighted by Crippen LogP contribution is -2.46. The van der Waals surface area contributed by atoms with Gasteiger partial charge in [-0.05, 0) is 39.0 Å². The predicted octanol–water partition coefficient (Wildman–Crippen LogP) is 1.65. The molecule has 1 aromatic rings. The standard InChI is InChI=1S/C18H28N2O6S/c1-17(2,27(23,24)11-13-5-8-25-10-13)16(22)19-15-9-14(20-26-15)18(12-21)6-3-4-7-18/h9,13,21H,3-8,10-12H2,1-2H3,(H,19,22)/t13-/m0/s1. The van der Waals surface area contributed by atoms with Gasteiger partial charge in [0.05, 0.1) is 24.7 Å². The maximum absolute atomic E-state index is 12.8. The summed E-state index contributed by atoms with van der Waals surface area (Å²) < 4.78 is 34.3. The van der Waals surface area contributed by atoms with E-state index in [1.165, 1.54) is 13.8 Å². The number of sulfone groups is 1. The van der Waals surface area contributed by atoms with Crippen LogP contribution in [0, 0.1) is 5.92 Å². The fourth-order valence-corrected chi connectivity index (χ4v) is 5.40. The van der Waals surface area contributed by atoms with E-state index in [0.717, 1.165) is 25.7 Å². The summed E-state index contributed by atoms with van der Waals surface area (Å²) in [5, 5.41) is 16.3. The molecule has 0 aromatic carbocycles. The molecule has 1 atom stereocenters. The van der Waals surface area contributed by atoms with E-state index in [4.69, 9.17) is 9.26 Å². The smallest absolute Gasteiger partial charge is 0.247 e. The van der Waals surface area contributed by atoms with Gasteiger partial charge in [-0.3, -0.25) is 10.1 Å². The lowest BCUT2D eigenvalue weighted by molar-refractivity contribution is -0.118. The van der Waals surface area contributed by atoms with Crippen molar-refractivity contribution in [1.29, 1.82) is 0 Å². The van der Waals surface area contributed by atoms with Crippen molar-refractivity contribution in [3.63, 3.8) is 0 Å². The molecule has 1 aliphatic heterocycles. The first kappa shape index (κ1) is 20.3. The minimum atomic E-state index is -3.68. The highest BCUT2D eigenvalue weighted by molar-refractivity contribution is 7.93. The average molecular weight is 400 g/mol. The second-order valence-corrected chi connectivity index (χ2v) is 10.8. The second-order valence-electron chi connectivity index (χ2n) is 8.20. The minimum absolute atomic E-state index is 0.0315. The molecule has 0 radical (unpaired) electrons. The van der Waals surface area contributed by atoms with Crippen LogP contribution in [-0.4, -0.2) is 54.9 Å². The van der Waals surface area contributed by atoms with E-state index in [0.29, 0.717) is 25.3 Å². The molecule has 0 bridgehead atoms. The number of hydrogen-bond acceptors (Lipinski definition) is 7. The summed E-state index contributed by atoms with van der Waals surface area (Å²) in [7, 11) is -3.68. The normalized spacial score (nSPS) is 22.9. The summed E-state index contributed by atoms with van der Waals surface area (Å²) in [6.45, 7) is 3.73. The van der Waals surface area contributed by atoms with Gasteiger partial charge in [-0.15, -0.1) is 0 Å². The van der Waals surface area contributed by atoms with Gasteiger partial charge in [0.1, 0.15) is 4.75 Å². The molecule has 1 amide bonds. The molecule has 1 aromatic heterocycles. The number of amides is 1. The van der Waals surface area contributed by atoms with Gasteiger partial charge in [0.25, 0.3) is 0 Å². The summed E-state index contributed by atoms with van der Waals surface area (Å²) >= 11 is 0. The Hall–Kier alpha value is -1.45. The number of carbonyl (C=O) groups is 1. The van der Waals surface area contributed by atoms with Crippen LogP contribution >= 0.6 is 0 Å². The van der Waals surface area contributed by atoms with Crippen LogP contribution in [0.15, 0.2) is 10.6 Å². The van der Waals surface area contributed by atoms with E-state index in [-0.39, 0.29) is 24.2 Å². The third-order valence-electron chi connectivity index (χ3n) is 5.96. The van der Waals surface area contributed by atoms with Gasteiger partial charge < -0.3 is 14.4 Å². The Kier molecular flexibility index (Phi) is 5.65. The highest BCUT2D eigenvalue weighted by atomic mass is 32.2. The molecular formula is C18H28N2O6S. The van der Waals surface area contributed by atoms with E-state index in [9.17, 15) is 18.3 Å². The lowest BCUT2D eigenvalue weighted by Gasteiger charge is -2.24. The number of anilines is 1. The molecule has 27 heavy (non-hydrogen) atoms. The monoisotopic (exact) mass is 400 g/mol. The van der Waals surface area contributed by atoms with Crippen LogP contribution in [-0.2, 0) is 24.8 Å². The SMILES string of the molecule is CC(C)(C(=O)Nc1cc(C2(CO)CCCC2)no1)S(=O)(=O)C[C@H]1CCOC1. The van der Waals surface area contributed by atoms with Gasteiger partial charge >= 0.3 is 0 Å². The summed E-state index contributed by atoms with van der Waals surface area (Å²) in [6.07, 6.45) is 4.32. The van der Waals surface area contributed by atoms with Crippen molar-refractivity contribution < 1.29 is 27.6 Å². The Bertz CT molecular complexity index is 774. The molecule has 3 rings (SSSR count). The first-order chi connectivity index (χ1) is 12.7. The summed E-state index contributed by atoms with van der Waals surface area (Å²) in [5.74, 6) is -0.718. The zero-order valence-corrected chi connectivity index (χ0v) is 16.7. The first-order valence-corrected chi connectivity index (χ1v) is 11.0. The van der Waals surface area contributed by atoms with Gasteiger partial charge in [-0.1, -0.05) is 18.0 Å². The molecular weight excluding hydrogens is 372 g/mol. The van der Waals surface area contributed by atoms with Crippen LogP contribution < -0.4 is 5.32 Å². The van der Waals surface area contributed by atoms with Crippen molar-refractivity contribution in [1.82, 2.24) is 5.16 Å². The number of nitrogens with zero attached hydrogens (tertiary/aromatic N) is 1. The van der Waals surface area contributed by atoms with Gasteiger partial charge in [0.2, 0.25) is 11.8 Å². The predicted molar refractivity (Wildman–Crippen MR) is 99.2 cm³/mol. The van der Waals surface area contributed by atoms with Crippen molar-refractivity contribution in [2.45, 2.75) is 56.1 Å². The Morgan fingerprint density at radius 3 is 2.70 bits per heavy atom. The van der Waals surface area contributed by atoms with Gasteiger partial charge in [0.15, 0.2) is 9.84 Å². The molecule has 8 nitrogen and oxygen atoms in total. The molecule has 2 heterocycles. The van der Waals surface area contributed by atoms with Crippen LogP contribution in [0.2, 0.25) is 0 Å². The minimum Gasteiger partial charge on any atom is -0.395 e. The molecule has 0 unspecified atom stereocenters. The fourth-order valence-electron chi connectivity index (χ4n) is 3.77. The Labute approximate surface area is 159 Å². The summed E-state index contributed by atoms with van der Waals surface area (Å²) in [4.78, 5) is 12.7. The highest BCUT2D eigenvalue weighted by Gasteiger charge is 2.44. The zero-order valence-electron chi connectivity index (χ0n) is 15.9. The number of aromatic nitrogens is 1. The third-order valence-corrected chi connectivity index (χ3v) is 8.61. The fraction of sp³-hybridized carbons (Fsp3) is 0.778. The Morgan fingerprint density at radius 1 is 1.41 bits per heavy atom. The van der Waals surface area contributed by atoms with E-state index < -0.39 is 25.9 Å². The number of hydrogen-bond donors (Lipinski definition) is 2. The van der Waals surface area contributed by atoms with Crippen LogP contribution in [0.3, 0.4) is 0 Å². The number of rotatable bonds is 7. The maximum atomic E-state index is 12.8. The van der Waals surface area contributed by atoms with Crippen LogP contribution in [0.5, 0.6) is 0 Å². The molecule has 152 valence electrons. The second kappa shape index (κ2) is 7.52. The molecule has 2 aliphatic rings. The number of aliphatic hydroxyl groups is 1. The molecule has 1 aliphatic carbocycles. The van der Waals surface area contributed by atoms with Crippen LogP contribution in [0.25, 0.3) is 0 Å². The lowest BCUT2D eigenvalue weighted by atomic mass is 9.84. The highest BCUT2D eigenvalue weighted by Crippen LogP contribution is 2.40. The molecule has 0 spiro atoms. The van der Waals surface area contributed by atoms with Crippen molar-refractivity contribution in [3.05, 3.63) is 11.8 Å². The third kappa shape index (κ3) is 3.90. The Balaban J connectivity index is 1.70. The van der Waals surface area contributed by atoms with Gasteiger partial charge in [0, 0.05) is 18.1 Å². The molecule has 2 N–H and O–H groups in total. The van der Waals surface area contributed by atoms with Crippen molar-refractivity contribution >= 4 is 21.6 Å². The summed E-state index contributed by atoms with van der Waals surface area (Å²) in [6, 6.07) is 1.59. The number of nitrogens with one attached hydrogen (secondary N) is 1. The van der Waals surface area contributed by atoms with Crippen LogP contribution in [0.1, 0.15) is 51.6 Å². The average Bonchev–Trinajstić information content (AvgIpc) is 3.36. The van der Waals surface area contributed by atoms with Crippen molar-refractivity contribution in [2.75, 3.05) is 30.9 Å². The molecule has 1 saturated carbocycles.